The van der Waals surface area contributed by atoms with Crippen molar-refractivity contribution in [1.82, 2.24) is 15.1 Å². The maximum absolute atomic E-state index is 5.93. The first kappa shape index (κ1) is 14.6. The third-order valence-corrected chi connectivity index (χ3v) is 4.18. The predicted molar refractivity (Wildman–Crippen MR) is 78.2 cm³/mol. The van der Waals surface area contributed by atoms with Gasteiger partial charge >= 0.3 is 0 Å². The number of rotatable bonds is 4. The van der Waals surface area contributed by atoms with E-state index in [1.807, 2.05) is 7.05 Å². The van der Waals surface area contributed by atoms with Crippen LogP contribution in [0.4, 0.5) is 0 Å². The summed E-state index contributed by atoms with van der Waals surface area (Å²) in [5.74, 6) is 2.15. The normalized spacial score (nSPS) is 20.9. The van der Waals surface area contributed by atoms with Crippen LogP contribution in [-0.4, -0.2) is 49.1 Å². The highest BCUT2D eigenvalue weighted by Crippen LogP contribution is 2.22. The summed E-state index contributed by atoms with van der Waals surface area (Å²) < 4.78 is 5.93. The monoisotopic (exact) mass is 265 g/mol. The minimum absolute atomic E-state index is 0.244. The Morgan fingerprint density at radius 1 is 1.37 bits per heavy atom. The Morgan fingerprint density at radius 2 is 2.11 bits per heavy atom. The van der Waals surface area contributed by atoms with Gasteiger partial charge < -0.3 is 9.73 Å². The summed E-state index contributed by atoms with van der Waals surface area (Å²) in [6, 6.07) is 2.18. The van der Waals surface area contributed by atoms with Crippen LogP contribution in [0.1, 0.15) is 30.9 Å². The van der Waals surface area contributed by atoms with Gasteiger partial charge in [0.1, 0.15) is 11.5 Å². The Morgan fingerprint density at radius 3 is 2.74 bits per heavy atom. The van der Waals surface area contributed by atoms with Crippen molar-refractivity contribution < 1.29 is 4.42 Å². The summed E-state index contributed by atoms with van der Waals surface area (Å²) in [5, 5.41) is 3.15. The Kier molecular flexibility index (Phi) is 4.33. The molecule has 108 valence electrons. The van der Waals surface area contributed by atoms with Crippen molar-refractivity contribution >= 4 is 0 Å². The molecule has 1 aromatic rings. The van der Waals surface area contributed by atoms with Crippen molar-refractivity contribution in [3.8, 4) is 0 Å². The first-order chi connectivity index (χ1) is 8.92. The van der Waals surface area contributed by atoms with Crippen molar-refractivity contribution in [3.05, 3.63) is 23.2 Å². The number of likely N-dealkylation sites (N-methyl/N-ethyl adjacent to an activating group) is 1. The number of nitrogens with one attached hydrogen (secondary N) is 1. The quantitative estimate of drug-likeness (QED) is 0.900. The molecule has 4 heteroatoms. The van der Waals surface area contributed by atoms with Gasteiger partial charge in [0, 0.05) is 25.2 Å². The predicted octanol–water partition coefficient (Wildman–Crippen LogP) is 1.83. The van der Waals surface area contributed by atoms with Crippen LogP contribution >= 0.6 is 0 Å². The molecule has 19 heavy (non-hydrogen) atoms. The lowest BCUT2D eigenvalue weighted by molar-refractivity contribution is 0.0326. The lowest BCUT2D eigenvalue weighted by Gasteiger charge is -2.45. The molecule has 0 bridgehead atoms. The standard InChI is InChI=1S/C15H27N3O/c1-12-8-13(19-14(12)9-16-4)10-18-7-6-17(5)15(2,3)11-18/h8,16H,6-7,9-11H2,1-5H3. The number of hydrogen-bond acceptors (Lipinski definition) is 4. The number of nitrogens with zero attached hydrogens (tertiary/aromatic N) is 2. The molecule has 1 aliphatic heterocycles. The topological polar surface area (TPSA) is 31.7 Å². The minimum Gasteiger partial charge on any atom is -0.463 e. The summed E-state index contributed by atoms with van der Waals surface area (Å²) in [4.78, 5) is 4.92. The summed E-state index contributed by atoms with van der Waals surface area (Å²) in [7, 11) is 4.16. The number of furan rings is 1. The molecule has 0 unspecified atom stereocenters. The zero-order valence-corrected chi connectivity index (χ0v) is 12.9. The van der Waals surface area contributed by atoms with Gasteiger partial charge in [0.2, 0.25) is 0 Å². The summed E-state index contributed by atoms with van der Waals surface area (Å²) in [5.41, 5.74) is 1.49. The summed E-state index contributed by atoms with van der Waals surface area (Å²) >= 11 is 0. The first-order valence-electron chi connectivity index (χ1n) is 7.09. The van der Waals surface area contributed by atoms with E-state index in [4.69, 9.17) is 4.42 Å². The molecule has 0 spiro atoms. The van der Waals surface area contributed by atoms with Gasteiger partial charge in [0.25, 0.3) is 0 Å². The Bertz CT molecular complexity index is 425. The molecule has 2 heterocycles. The molecule has 1 saturated heterocycles. The second kappa shape index (κ2) is 5.65. The van der Waals surface area contributed by atoms with Gasteiger partial charge in [-0.3, -0.25) is 9.80 Å². The SMILES string of the molecule is CNCc1oc(CN2CCN(C)C(C)(C)C2)cc1C. The fraction of sp³-hybridized carbons (Fsp3) is 0.733. The molecule has 1 aromatic heterocycles. The van der Waals surface area contributed by atoms with Crippen molar-refractivity contribution in [2.75, 3.05) is 33.7 Å². The molecule has 1 N–H and O–H groups in total. The van der Waals surface area contributed by atoms with E-state index in [9.17, 15) is 0 Å². The lowest BCUT2D eigenvalue weighted by Crippen LogP contribution is -2.57. The van der Waals surface area contributed by atoms with E-state index in [0.29, 0.717) is 0 Å². The highest BCUT2D eigenvalue weighted by Gasteiger charge is 2.31. The average molecular weight is 265 g/mol. The second-order valence-electron chi connectivity index (χ2n) is 6.29. The lowest BCUT2D eigenvalue weighted by atomic mass is 10.00. The van der Waals surface area contributed by atoms with Crippen LogP contribution in [0.15, 0.2) is 10.5 Å². The van der Waals surface area contributed by atoms with E-state index < -0.39 is 0 Å². The number of aryl methyl sites for hydroxylation is 1. The fourth-order valence-electron chi connectivity index (χ4n) is 2.70. The van der Waals surface area contributed by atoms with Gasteiger partial charge in [-0.2, -0.15) is 0 Å². The highest BCUT2D eigenvalue weighted by molar-refractivity contribution is 5.20. The van der Waals surface area contributed by atoms with Crippen LogP contribution in [0.2, 0.25) is 0 Å². The van der Waals surface area contributed by atoms with Crippen molar-refractivity contribution in [3.63, 3.8) is 0 Å². The number of hydrogen-bond donors (Lipinski definition) is 1. The van der Waals surface area contributed by atoms with Gasteiger partial charge in [-0.1, -0.05) is 0 Å². The zero-order chi connectivity index (χ0) is 14.0. The van der Waals surface area contributed by atoms with E-state index in [1.165, 1.54) is 5.56 Å². The molecule has 0 aliphatic carbocycles. The zero-order valence-electron chi connectivity index (χ0n) is 12.9. The maximum atomic E-state index is 5.93. The molecular weight excluding hydrogens is 238 g/mol. The smallest absolute Gasteiger partial charge is 0.120 e. The molecule has 2 rings (SSSR count). The third-order valence-electron chi connectivity index (χ3n) is 4.18. The number of piperazine rings is 1. The molecule has 1 fully saturated rings. The van der Waals surface area contributed by atoms with Crippen LogP contribution in [0.3, 0.4) is 0 Å². The van der Waals surface area contributed by atoms with Crippen molar-refractivity contribution in [2.45, 2.75) is 39.4 Å². The largest absolute Gasteiger partial charge is 0.463 e. The summed E-state index contributed by atoms with van der Waals surface area (Å²) in [6.07, 6.45) is 0. The van der Waals surface area contributed by atoms with Gasteiger partial charge in [-0.25, -0.2) is 0 Å². The van der Waals surface area contributed by atoms with Crippen LogP contribution < -0.4 is 5.32 Å². The fourth-order valence-corrected chi connectivity index (χ4v) is 2.70. The highest BCUT2D eigenvalue weighted by atomic mass is 16.3. The third kappa shape index (κ3) is 3.38. The van der Waals surface area contributed by atoms with Crippen molar-refractivity contribution in [1.29, 1.82) is 0 Å². The molecular formula is C15H27N3O. The van der Waals surface area contributed by atoms with Crippen LogP contribution in [0, 0.1) is 6.92 Å². The second-order valence-corrected chi connectivity index (χ2v) is 6.29. The van der Waals surface area contributed by atoms with E-state index in [-0.39, 0.29) is 5.54 Å². The van der Waals surface area contributed by atoms with Gasteiger partial charge in [-0.05, 0) is 46.5 Å². The van der Waals surface area contributed by atoms with Crippen molar-refractivity contribution in [2.24, 2.45) is 0 Å². The van der Waals surface area contributed by atoms with Crippen LogP contribution in [0.25, 0.3) is 0 Å². The van der Waals surface area contributed by atoms with E-state index >= 15 is 0 Å². The Hall–Kier alpha value is -0.840. The molecule has 0 amide bonds. The van der Waals surface area contributed by atoms with Crippen LogP contribution in [0.5, 0.6) is 0 Å². The molecule has 1 aliphatic rings. The molecule has 0 saturated carbocycles. The Labute approximate surface area is 116 Å². The van der Waals surface area contributed by atoms with Gasteiger partial charge in [0.05, 0.1) is 13.1 Å². The minimum atomic E-state index is 0.244. The maximum Gasteiger partial charge on any atom is 0.120 e. The molecule has 4 nitrogen and oxygen atoms in total. The van der Waals surface area contributed by atoms with E-state index in [2.05, 4.69) is 49.0 Å². The van der Waals surface area contributed by atoms with E-state index in [1.54, 1.807) is 0 Å². The first-order valence-corrected chi connectivity index (χ1v) is 7.09. The van der Waals surface area contributed by atoms with Gasteiger partial charge in [0.15, 0.2) is 0 Å². The van der Waals surface area contributed by atoms with Crippen LogP contribution in [-0.2, 0) is 13.1 Å². The van der Waals surface area contributed by atoms with Gasteiger partial charge in [-0.15, -0.1) is 0 Å². The Balaban J connectivity index is 2.00. The summed E-state index contributed by atoms with van der Waals surface area (Å²) in [6.45, 7) is 11.8. The average Bonchev–Trinajstić information content (AvgIpc) is 2.65. The molecule has 0 aromatic carbocycles. The molecule has 0 radical (unpaired) electrons. The van der Waals surface area contributed by atoms with E-state index in [0.717, 1.165) is 44.2 Å². The molecule has 0 atom stereocenters.